The molecule has 0 radical (unpaired) electrons. The van der Waals surface area contributed by atoms with Gasteiger partial charge in [0.1, 0.15) is 17.3 Å². The Morgan fingerprint density at radius 2 is 2.05 bits per heavy atom. The zero-order valence-electron chi connectivity index (χ0n) is 12.6. The van der Waals surface area contributed by atoms with E-state index in [0.29, 0.717) is 23.8 Å². The molecule has 0 bridgehead atoms. The fourth-order valence-corrected chi connectivity index (χ4v) is 4.62. The summed E-state index contributed by atoms with van der Waals surface area (Å²) >= 11 is 0. The molecule has 1 N–H and O–H groups in total. The highest BCUT2D eigenvalue weighted by molar-refractivity contribution is 7.91. The number of hydrogen-bond acceptors (Lipinski definition) is 6. The number of likely N-dealkylation sites (tertiary alicyclic amines) is 1. The van der Waals surface area contributed by atoms with Gasteiger partial charge in [-0.2, -0.15) is 0 Å². The first kappa shape index (κ1) is 15.2. The number of anilines is 1. The van der Waals surface area contributed by atoms with Gasteiger partial charge in [-0.1, -0.05) is 0 Å². The minimum atomic E-state index is -2.95. The summed E-state index contributed by atoms with van der Waals surface area (Å²) in [5.41, 5.74) is 0.373. The van der Waals surface area contributed by atoms with Crippen molar-refractivity contribution < 1.29 is 13.2 Å². The van der Waals surface area contributed by atoms with Crippen LogP contribution < -0.4 is 5.32 Å². The molecule has 3 rings (SSSR count). The Kier molecular flexibility index (Phi) is 4.03. The number of nitrogens with one attached hydrogen (secondary N) is 1. The van der Waals surface area contributed by atoms with Crippen LogP contribution in [0.2, 0.25) is 0 Å². The lowest BCUT2D eigenvalue weighted by Crippen LogP contribution is -2.29. The first-order chi connectivity index (χ1) is 10.4. The van der Waals surface area contributed by atoms with E-state index in [-0.39, 0.29) is 23.5 Å². The van der Waals surface area contributed by atoms with Crippen molar-refractivity contribution in [1.82, 2.24) is 14.9 Å². The minimum Gasteiger partial charge on any atom is -0.366 e. The molecule has 0 saturated carbocycles. The molecule has 1 amide bonds. The molecule has 3 heterocycles. The number of aryl methyl sites for hydroxylation is 1. The van der Waals surface area contributed by atoms with Crippen molar-refractivity contribution in [2.24, 2.45) is 0 Å². The van der Waals surface area contributed by atoms with Crippen molar-refractivity contribution in [2.75, 3.05) is 29.9 Å². The van der Waals surface area contributed by atoms with E-state index in [4.69, 9.17) is 0 Å². The second kappa shape index (κ2) is 5.83. The van der Waals surface area contributed by atoms with Gasteiger partial charge in [0.05, 0.1) is 11.5 Å². The first-order valence-electron chi connectivity index (χ1n) is 7.55. The van der Waals surface area contributed by atoms with Gasteiger partial charge >= 0.3 is 0 Å². The summed E-state index contributed by atoms with van der Waals surface area (Å²) in [5.74, 6) is 1.27. The van der Waals surface area contributed by atoms with Crippen LogP contribution in [0.1, 0.15) is 35.6 Å². The van der Waals surface area contributed by atoms with E-state index >= 15 is 0 Å². The molecule has 7 nitrogen and oxygen atoms in total. The van der Waals surface area contributed by atoms with Gasteiger partial charge < -0.3 is 10.2 Å². The number of sulfone groups is 1. The quantitative estimate of drug-likeness (QED) is 0.876. The Morgan fingerprint density at radius 3 is 2.68 bits per heavy atom. The Balaban J connectivity index is 1.76. The maximum absolute atomic E-state index is 12.4. The lowest BCUT2D eigenvalue weighted by atomic mass is 10.2. The molecule has 120 valence electrons. The topological polar surface area (TPSA) is 92.3 Å². The van der Waals surface area contributed by atoms with Crippen LogP contribution in [0, 0.1) is 6.92 Å². The van der Waals surface area contributed by atoms with Crippen LogP contribution >= 0.6 is 0 Å². The molecule has 2 aliphatic rings. The van der Waals surface area contributed by atoms with E-state index in [0.717, 1.165) is 25.9 Å². The highest BCUT2D eigenvalue weighted by Crippen LogP contribution is 2.18. The van der Waals surface area contributed by atoms with Crippen LogP contribution in [-0.4, -0.2) is 59.8 Å². The van der Waals surface area contributed by atoms with Crippen LogP contribution in [0.4, 0.5) is 5.82 Å². The van der Waals surface area contributed by atoms with Crippen molar-refractivity contribution in [3.8, 4) is 0 Å². The van der Waals surface area contributed by atoms with Gasteiger partial charge in [-0.25, -0.2) is 18.4 Å². The second-order valence-electron chi connectivity index (χ2n) is 5.93. The Hall–Kier alpha value is -1.70. The zero-order chi connectivity index (χ0) is 15.7. The largest absolute Gasteiger partial charge is 0.366 e. The van der Waals surface area contributed by atoms with Gasteiger partial charge in [0.15, 0.2) is 9.84 Å². The normalized spacial score (nSPS) is 23.7. The van der Waals surface area contributed by atoms with Gasteiger partial charge in [-0.15, -0.1) is 0 Å². The minimum absolute atomic E-state index is 0.0786. The molecule has 8 heteroatoms. The summed E-state index contributed by atoms with van der Waals surface area (Å²) in [4.78, 5) is 22.7. The number of amides is 1. The molecule has 2 saturated heterocycles. The summed E-state index contributed by atoms with van der Waals surface area (Å²) in [6.07, 6.45) is 2.63. The Labute approximate surface area is 130 Å². The number of hydrogen-bond donors (Lipinski definition) is 1. The fraction of sp³-hybridized carbons (Fsp3) is 0.643. The standard InChI is InChI=1S/C14H20N4O3S/c1-10-15-12(14(19)18-5-2-3-6-18)8-13(16-10)17-11-4-7-22(20,21)9-11/h8,11H,2-7,9H2,1H3,(H,15,16,17). The van der Waals surface area contributed by atoms with Gasteiger partial charge in [0.2, 0.25) is 0 Å². The molecule has 1 atom stereocenters. The lowest BCUT2D eigenvalue weighted by Gasteiger charge is -2.16. The van der Waals surface area contributed by atoms with Crippen LogP contribution in [0.15, 0.2) is 6.07 Å². The average Bonchev–Trinajstić information content (AvgIpc) is 3.07. The molecule has 1 unspecified atom stereocenters. The molecule has 0 spiro atoms. The number of nitrogens with zero attached hydrogens (tertiary/aromatic N) is 3. The molecule has 1 aromatic rings. The van der Waals surface area contributed by atoms with Crippen molar-refractivity contribution >= 4 is 21.6 Å². The van der Waals surface area contributed by atoms with Crippen molar-refractivity contribution in [3.63, 3.8) is 0 Å². The number of carbonyl (C=O) groups is 1. The van der Waals surface area contributed by atoms with Gasteiger partial charge in [-0.3, -0.25) is 4.79 Å². The smallest absolute Gasteiger partial charge is 0.272 e. The molecule has 0 aliphatic carbocycles. The van der Waals surface area contributed by atoms with Crippen LogP contribution in [0.5, 0.6) is 0 Å². The predicted octanol–water partition coefficient (Wildman–Crippen LogP) is 0.620. The van der Waals surface area contributed by atoms with E-state index in [2.05, 4.69) is 15.3 Å². The fourth-order valence-electron chi connectivity index (χ4n) is 2.95. The molecule has 1 aromatic heterocycles. The summed E-state index contributed by atoms with van der Waals surface area (Å²) in [6.45, 7) is 3.27. The average molecular weight is 324 g/mol. The van der Waals surface area contributed by atoms with Crippen LogP contribution in [0.25, 0.3) is 0 Å². The van der Waals surface area contributed by atoms with E-state index < -0.39 is 9.84 Å². The SMILES string of the molecule is Cc1nc(NC2CCS(=O)(=O)C2)cc(C(=O)N2CCCC2)n1. The number of carbonyl (C=O) groups excluding carboxylic acids is 1. The Bertz CT molecular complexity index is 683. The van der Waals surface area contributed by atoms with Crippen molar-refractivity contribution in [2.45, 2.75) is 32.2 Å². The lowest BCUT2D eigenvalue weighted by molar-refractivity contribution is 0.0786. The van der Waals surface area contributed by atoms with E-state index in [1.807, 2.05) is 0 Å². The molecular formula is C14H20N4O3S. The third kappa shape index (κ3) is 3.37. The monoisotopic (exact) mass is 324 g/mol. The van der Waals surface area contributed by atoms with E-state index in [9.17, 15) is 13.2 Å². The highest BCUT2D eigenvalue weighted by Gasteiger charge is 2.28. The summed E-state index contributed by atoms with van der Waals surface area (Å²) in [7, 11) is -2.95. The molecule has 0 aromatic carbocycles. The van der Waals surface area contributed by atoms with E-state index in [1.54, 1.807) is 17.9 Å². The number of aromatic nitrogens is 2. The zero-order valence-corrected chi connectivity index (χ0v) is 13.4. The van der Waals surface area contributed by atoms with Crippen molar-refractivity contribution in [1.29, 1.82) is 0 Å². The third-order valence-corrected chi connectivity index (χ3v) is 5.80. The third-order valence-electron chi connectivity index (χ3n) is 4.03. The van der Waals surface area contributed by atoms with Gasteiger partial charge in [-0.05, 0) is 26.2 Å². The first-order valence-corrected chi connectivity index (χ1v) is 9.37. The molecule has 2 fully saturated rings. The second-order valence-corrected chi connectivity index (χ2v) is 8.16. The maximum Gasteiger partial charge on any atom is 0.272 e. The van der Waals surface area contributed by atoms with Gasteiger partial charge in [0.25, 0.3) is 5.91 Å². The van der Waals surface area contributed by atoms with E-state index in [1.165, 1.54) is 0 Å². The Morgan fingerprint density at radius 1 is 1.32 bits per heavy atom. The number of rotatable bonds is 3. The summed E-state index contributed by atoms with van der Waals surface area (Å²) < 4.78 is 23.0. The van der Waals surface area contributed by atoms with Crippen LogP contribution in [0.3, 0.4) is 0 Å². The summed E-state index contributed by atoms with van der Waals surface area (Å²) in [6, 6.07) is 1.48. The van der Waals surface area contributed by atoms with Crippen molar-refractivity contribution in [3.05, 3.63) is 17.6 Å². The summed E-state index contributed by atoms with van der Waals surface area (Å²) in [5, 5.41) is 3.12. The predicted molar refractivity (Wildman–Crippen MR) is 82.6 cm³/mol. The molecular weight excluding hydrogens is 304 g/mol. The van der Waals surface area contributed by atoms with Crippen LogP contribution in [-0.2, 0) is 9.84 Å². The molecule has 22 heavy (non-hydrogen) atoms. The van der Waals surface area contributed by atoms with Gasteiger partial charge in [0, 0.05) is 25.2 Å². The maximum atomic E-state index is 12.4. The highest BCUT2D eigenvalue weighted by atomic mass is 32.2. The molecule has 2 aliphatic heterocycles.